The molecule has 2 rings (SSSR count). The maximum atomic E-state index is 12.2. The van der Waals surface area contributed by atoms with Gasteiger partial charge in [0.25, 0.3) is 5.91 Å². The zero-order valence-electron chi connectivity index (χ0n) is 10.9. The van der Waals surface area contributed by atoms with Crippen LogP contribution in [0.2, 0.25) is 5.02 Å². The van der Waals surface area contributed by atoms with Crippen LogP contribution in [0.25, 0.3) is 0 Å². The molecule has 0 radical (unpaired) electrons. The minimum atomic E-state index is -0.241. The molecule has 2 amide bonds. The van der Waals surface area contributed by atoms with Gasteiger partial charge >= 0.3 is 0 Å². The van der Waals surface area contributed by atoms with Gasteiger partial charge in [0.1, 0.15) is 0 Å². The highest BCUT2D eigenvalue weighted by molar-refractivity contribution is 9.10. The topological polar surface area (TPSA) is 72.2 Å². The lowest BCUT2D eigenvalue weighted by molar-refractivity contribution is -0.122. The van der Waals surface area contributed by atoms with Crippen molar-refractivity contribution in [2.45, 2.75) is 31.7 Å². The molecule has 0 bridgehead atoms. The highest BCUT2D eigenvalue weighted by Crippen LogP contribution is 2.25. The smallest absolute Gasteiger partial charge is 0.252 e. The van der Waals surface area contributed by atoms with Gasteiger partial charge in [0, 0.05) is 21.5 Å². The molecule has 1 saturated carbocycles. The number of benzene rings is 1. The molecule has 4 nitrogen and oxygen atoms in total. The Balaban J connectivity index is 1.94. The van der Waals surface area contributed by atoms with Crippen molar-refractivity contribution >= 4 is 39.3 Å². The van der Waals surface area contributed by atoms with Crippen molar-refractivity contribution < 1.29 is 9.59 Å². The Labute approximate surface area is 131 Å². The first kappa shape index (κ1) is 15.3. The van der Waals surface area contributed by atoms with Crippen molar-refractivity contribution in [1.82, 2.24) is 5.32 Å². The van der Waals surface area contributed by atoms with Crippen LogP contribution in [0.3, 0.4) is 0 Å². The SMILES string of the molecule is NC(=O)C1CCC(NC(=O)c2ccc(Cl)cc2Br)CC1. The molecular formula is C14H16BrClN2O2. The van der Waals surface area contributed by atoms with E-state index < -0.39 is 0 Å². The van der Waals surface area contributed by atoms with Crippen molar-refractivity contribution in [2.75, 3.05) is 0 Å². The average Bonchev–Trinajstić information content (AvgIpc) is 2.39. The van der Waals surface area contributed by atoms with E-state index in [0.29, 0.717) is 15.1 Å². The van der Waals surface area contributed by atoms with Gasteiger partial charge in [-0.05, 0) is 59.8 Å². The monoisotopic (exact) mass is 358 g/mol. The van der Waals surface area contributed by atoms with Gasteiger partial charge in [-0.2, -0.15) is 0 Å². The number of carbonyl (C=O) groups excluding carboxylic acids is 2. The van der Waals surface area contributed by atoms with Gasteiger partial charge in [-0.15, -0.1) is 0 Å². The van der Waals surface area contributed by atoms with Gasteiger partial charge in [-0.3, -0.25) is 9.59 Å². The van der Waals surface area contributed by atoms with E-state index in [1.807, 2.05) is 0 Å². The fourth-order valence-corrected chi connectivity index (χ4v) is 3.32. The molecule has 1 aromatic rings. The summed E-state index contributed by atoms with van der Waals surface area (Å²) in [5, 5.41) is 3.57. The van der Waals surface area contributed by atoms with Crippen LogP contribution in [0, 0.1) is 5.92 Å². The highest BCUT2D eigenvalue weighted by atomic mass is 79.9. The molecular weight excluding hydrogens is 344 g/mol. The Morgan fingerprint density at radius 1 is 1.25 bits per heavy atom. The first-order chi connectivity index (χ1) is 9.47. The summed E-state index contributed by atoms with van der Waals surface area (Å²) in [7, 11) is 0. The lowest BCUT2D eigenvalue weighted by Gasteiger charge is -2.27. The van der Waals surface area contributed by atoms with Gasteiger partial charge in [-0.25, -0.2) is 0 Å². The third-order valence-electron chi connectivity index (χ3n) is 3.64. The Hall–Kier alpha value is -1.07. The van der Waals surface area contributed by atoms with Crippen LogP contribution in [0.5, 0.6) is 0 Å². The van der Waals surface area contributed by atoms with E-state index >= 15 is 0 Å². The van der Waals surface area contributed by atoms with Crippen molar-refractivity contribution in [3.05, 3.63) is 33.3 Å². The predicted octanol–water partition coefficient (Wildman–Crippen LogP) is 2.88. The van der Waals surface area contributed by atoms with Gasteiger partial charge in [0.15, 0.2) is 0 Å². The number of hydrogen-bond acceptors (Lipinski definition) is 2. The lowest BCUT2D eigenvalue weighted by Crippen LogP contribution is -2.39. The normalized spacial score (nSPS) is 22.3. The van der Waals surface area contributed by atoms with E-state index in [4.69, 9.17) is 17.3 Å². The van der Waals surface area contributed by atoms with Crippen molar-refractivity contribution in [3.8, 4) is 0 Å². The highest BCUT2D eigenvalue weighted by Gasteiger charge is 2.26. The maximum Gasteiger partial charge on any atom is 0.252 e. The van der Waals surface area contributed by atoms with E-state index in [9.17, 15) is 9.59 Å². The number of carbonyl (C=O) groups is 2. The average molecular weight is 360 g/mol. The molecule has 0 atom stereocenters. The fourth-order valence-electron chi connectivity index (χ4n) is 2.46. The zero-order valence-corrected chi connectivity index (χ0v) is 13.2. The minimum Gasteiger partial charge on any atom is -0.369 e. The van der Waals surface area contributed by atoms with E-state index in [1.54, 1.807) is 18.2 Å². The number of primary amides is 1. The second kappa shape index (κ2) is 6.59. The maximum absolute atomic E-state index is 12.2. The van der Waals surface area contributed by atoms with Gasteiger partial charge in [0.05, 0.1) is 5.56 Å². The Bertz CT molecular complexity index is 528. The van der Waals surface area contributed by atoms with Crippen LogP contribution in [-0.2, 0) is 4.79 Å². The molecule has 0 spiro atoms. The van der Waals surface area contributed by atoms with E-state index in [2.05, 4.69) is 21.2 Å². The van der Waals surface area contributed by atoms with Crippen molar-refractivity contribution in [1.29, 1.82) is 0 Å². The summed E-state index contributed by atoms with van der Waals surface area (Å²) in [6, 6.07) is 5.17. The molecule has 3 N–H and O–H groups in total. The molecule has 0 saturated heterocycles. The summed E-state index contributed by atoms with van der Waals surface area (Å²) in [4.78, 5) is 23.3. The summed E-state index contributed by atoms with van der Waals surface area (Å²) < 4.78 is 0.674. The van der Waals surface area contributed by atoms with E-state index in [-0.39, 0.29) is 23.8 Å². The molecule has 20 heavy (non-hydrogen) atoms. The lowest BCUT2D eigenvalue weighted by atomic mass is 9.85. The van der Waals surface area contributed by atoms with Crippen LogP contribution in [0.1, 0.15) is 36.0 Å². The Morgan fingerprint density at radius 3 is 2.45 bits per heavy atom. The number of hydrogen-bond donors (Lipinski definition) is 2. The van der Waals surface area contributed by atoms with Crippen LogP contribution < -0.4 is 11.1 Å². The van der Waals surface area contributed by atoms with Crippen LogP contribution >= 0.6 is 27.5 Å². The fraction of sp³-hybridized carbons (Fsp3) is 0.429. The second-order valence-electron chi connectivity index (χ2n) is 5.05. The zero-order chi connectivity index (χ0) is 14.7. The molecule has 0 heterocycles. The largest absolute Gasteiger partial charge is 0.369 e. The van der Waals surface area contributed by atoms with E-state index in [0.717, 1.165) is 25.7 Å². The summed E-state index contributed by atoms with van der Waals surface area (Å²) in [5.41, 5.74) is 5.86. The molecule has 1 aliphatic carbocycles. The quantitative estimate of drug-likeness (QED) is 0.871. The summed E-state index contributed by atoms with van der Waals surface area (Å²) in [6.45, 7) is 0. The molecule has 1 aromatic carbocycles. The Morgan fingerprint density at radius 2 is 1.90 bits per heavy atom. The second-order valence-corrected chi connectivity index (χ2v) is 6.34. The third-order valence-corrected chi connectivity index (χ3v) is 4.53. The number of nitrogens with two attached hydrogens (primary N) is 1. The van der Waals surface area contributed by atoms with Gasteiger partial charge in [0.2, 0.25) is 5.91 Å². The van der Waals surface area contributed by atoms with Crippen LogP contribution in [0.15, 0.2) is 22.7 Å². The molecule has 0 unspecified atom stereocenters. The number of halogens is 2. The number of rotatable bonds is 3. The predicted molar refractivity (Wildman–Crippen MR) is 81.6 cm³/mol. The third kappa shape index (κ3) is 3.73. The van der Waals surface area contributed by atoms with E-state index in [1.165, 1.54) is 0 Å². The van der Waals surface area contributed by atoms with Crippen LogP contribution in [-0.4, -0.2) is 17.9 Å². The molecule has 6 heteroatoms. The first-order valence-electron chi connectivity index (χ1n) is 6.52. The summed E-state index contributed by atoms with van der Waals surface area (Å²) in [5.74, 6) is -0.420. The van der Waals surface area contributed by atoms with Crippen LogP contribution in [0.4, 0.5) is 0 Å². The molecule has 0 aromatic heterocycles. The molecule has 1 fully saturated rings. The summed E-state index contributed by atoms with van der Waals surface area (Å²) >= 11 is 9.19. The van der Waals surface area contributed by atoms with Crippen molar-refractivity contribution in [3.63, 3.8) is 0 Å². The minimum absolute atomic E-state index is 0.0505. The Kier molecular flexibility index (Phi) is 5.05. The molecule has 1 aliphatic rings. The summed E-state index contributed by atoms with van der Waals surface area (Å²) in [6.07, 6.45) is 3.04. The standard InChI is InChI=1S/C14H16BrClN2O2/c15-12-7-9(16)3-6-11(12)14(20)18-10-4-1-8(2-5-10)13(17)19/h3,6-8,10H,1-2,4-5H2,(H2,17,19)(H,18,20). The van der Waals surface area contributed by atoms with Gasteiger partial charge < -0.3 is 11.1 Å². The molecule has 0 aliphatic heterocycles. The molecule has 108 valence electrons. The van der Waals surface area contributed by atoms with Crippen molar-refractivity contribution in [2.24, 2.45) is 11.7 Å². The first-order valence-corrected chi connectivity index (χ1v) is 7.69. The number of amides is 2. The number of nitrogens with one attached hydrogen (secondary N) is 1. The van der Waals surface area contributed by atoms with Gasteiger partial charge in [-0.1, -0.05) is 11.6 Å².